The van der Waals surface area contributed by atoms with Gasteiger partial charge in [0.05, 0.1) is 6.54 Å². The molecule has 2 N–H and O–H groups in total. The Kier molecular flexibility index (Phi) is 5.03. The van der Waals surface area contributed by atoms with Gasteiger partial charge in [-0.05, 0) is 43.7 Å². The highest BCUT2D eigenvalue weighted by Crippen LogP contribution is 2.33. The van der Waals surface area contributed by atoms with Gasteiger partial charge in [-0.25, -0.2) is 0 Å². The molecule has 0 aromatic heterocycles. The molecule has 0 spiro atoms. The Morgan fingerprint density at radius 3 is 2.35 bits per heavy atom. The summed E-state index contributed by atoms with van der Waals surface area (Å²) in [6.07, 6.45) is 0.704. The zero-order chi connectivity index (χ0) is 16.1. The number of fused-ring (bicyclic) bond motifs is 1. The molecule has 0 fully saturated rings. The highest BCUT2D eigenvalue weighted by atomic mass is 16.7. The molecular weight excluding hydrogens is 288 g/mol. The molecule has 0 aliphatic carbocycles. The summed E-state index contributed by atoms with van der Waals surface area (Å²) in [7, 11) is 0. The van der Waals surface area contributed by atoms with E-state index in [4.69, 9.17) is 9.47 Å². The molecule has 1 unspecified atom stereocenters. The van der Waals surface area contributed by atoms with Gasteiger partial charge in [0, 0.05) is 11.7 Å². The van der Waals surface area contributed by atoms with Gasteiger partial charge in [-0.3, -0.25) is 0 Å². The van der Waals surface area contributed by atoms with E-state index < -0.39 is 0 Å². The van der Waals surface area contributed by atoms with Crippen LogP contribution in [0.4, 0.5) is 5.69 Å². The van der Waals surface area contributed by atoms with Crippen LogP contribution in [0.5, 0.6) is 11.5 Å². The molecule has 0 saturated heterocycles. The predicted molar refractivity (Wildman–Crippen MR) is 93.3 cm³/mol. The molecule has 0 radical (unpaired) electrons. The Balaban J connectivity index is 1.59. The fourth-order valence-electron chi connectivity index (χ4n) is 2.85. The van der Waals surface area contributed by atoms with Crippen LogP contribution >= 0.6 is 0 Å². The van der Waals surface area contributed by atoms with Crippen LogP contribution in [0.3, 0.4) is 0 Å². The van der Waals surface area contributed by atoms with E-state index in [0.29, 0.717) is 12.6 Å². The first-order chi connectivity index (χ1) is 11.3. The molecule has 4 heteroatoms. The average molecular weight is 312 g/mol. The molecule has 122 valence electrons. The van der Waals surface area contributed by atoms with Gasteiger partial charge in [-0.1, -0.05) is 37.3 Å². The number of likely N-dealkylation sites (N-methyl/N-ethyl adjacent to an activating group) is 1. The Hall–Kier alpha value is -2.20. The fraction of sp³-hybridized carbons (Fsp3) is 0.368. The minimum absolute atomic E-state index is 0.286. The van der Waals surface area contributed by atoms with Gasteiger partial charge in [-0.2, -0.15) is 0 Å². The van der Waals surface area contributed by atoms with Crippen molar-refractivity contribution in [2.24, 2.45) is 0 Å². The highest BCUT2D eigenvalue weighted by molar-refractivity contribution is 5.51. The molecule has 4 nitrogen and oxygen atoms in total. The summed E-state index contributed by atoms with van der Waals surface area (Å²) in [6.45, 7) is 5.94. The summed E-state index contributed by atoms with van der Waals surface area (Å²) in [5.41, 5.74) is 2.44. The number of rotatable bonds is 7. The van der Waals surface area contributed by atoms with E-state index in [2.05, 4.69) is 48.7 Å². The largest absolute Gasteiger partial charge is 0.449 e. The van der Waals surface area contributed by atoms with E-state index in [1.807, 2.05) is 24.3 Å². The molecule has 1 atom stereocenters. The van der Waals surface area contributed by atoms with Crippen molar-refractivity contribution < 1.29 is 9.47 Å². The molecule has 2 aromatic carbocycles. The first kappa shape index (κ1) is 15.7. The van der Waals surface area contributed by atoms with Gasteiger partial charge < -0.3 is 20.1 Å². The first-order valence-corrected chi connectivity index (χ1v) is 8.23. The standard InChI is InChI=1S/C19H24N2O2/c1-3-20-14(2)12-15-8-4-5-9-16(15)21-13-19-22-17-10-6-7-11-18(17)23-19/h4-11,14,19-21H,3,12-13H2,1-2H3. The predicted octanol–water partition coefficient (Wildman–Crippen LogP) is 3.44. The molecule has 1 aliphatic rings. The molecule has 0 bridgehead atoms. The number of para-hydroxylation sites is 3. The maximum Gasteiger partial charge on any atom is 0.258 e. The normalized spacial score (nSPS) is 14.7. The summed E-state index contributed by atoms with van der Waals surface area (Å²) in [5.74, 6) is 1.63. The number of hydrogen-bond donors (Lipinski definition) is 2. The van der Waals surface area contributed by atoms with Gasteiger partial charge in [0.1, 0.15) is 0 Å². The smallest absolute Gasteiger partial charge is 0.258 e. The number of benzene rings is 2. The molecule has 2 aromatic rings. The van der Waals surface area contributed by atoms with E-state index >= 15 is 0 Å². The SMILES string of the molecule is CCNC(C)Cc1ccccc1NCC1Oc2ccccc2O1. The molecular formula is C19H24N2O2. The third-order valence-electron chi connectivity index (χ3n) is 3.92. The van der Waals surface area contributed by atoms with E-state index in [1.165, 1.54) is 5.56 Å². The van der Waals surface area contributed by atoms with E-state index in [-0.39, 0.29) is 6.29 Å². The van der Waals surface area contributed by atoms with Crippen LogP contribution < -0.4 is 20.1 Å². The number of nitrogens with one attached hydrogen (secondary N) is 2. The van der Waals surface area contributed by atoms with E-state index in [1.54, 1.807) is 0 Å². The molecule has 23 heavy (non-hydrogen) atoms. The number of hydrogen-bond acceptors (Lipinski definition) is 4. The summed E-state index contributed by atoms with van der Waals surface area (Å²) in [4.78, 5) is 0. The van der Waals surface area contributed by atoms with Crippen molar-refractivity contribution in [1.82, 2.24) is 5.32 Å². The second-order valence-corrected chi connectivity index (χ2v) is 5.81. The molecule has 1 aliphatic heterocycles. The van der Waals surface area contributed by atoms with Gasteiger partial charge in [0.2, 0.25) is 0 Å². The van der Waals surface area contributed by atoms with Crippen LogP contribution in [0, 0.1) is 0 Å². The van der Waals surface area contributed by atoms with Crippen molar-refractivity contribution in [2.75, 3.05) is 18.4 Å². The Morgan fingerprint density at radius 2 is 1.65 bits per heavy atom. The van der Waals surface area contributed by atoms with Crippen molar-refractivity contribution in [3.63, 3.8) is 0 Å². The lowest BCUT2D eigenvalue weighted by Gasteiger charge is -2.18. The maximum atomic E-state index is 5.79. The van der Waals surface area contributed by atoms with Gasteiger partial charge in [-0.15, -0.1) is 0 Å². The highest BCUT2D eigenvalue weighted by Gasteiger charge is 2.23. The second kappa shape index (κ2) is 7.38. The van der Waals surface area contributed by atoms with Crippen molar-refractivity contribution in [1.29, 1.82) is 0 Å². The van der Waals surface area contributed by atoms with Crippen LogP contribution in [0.25, 0.3) is 0 Å². The summed E-state index contributed by atoms with van der Waals surface area (Å²) >= 11 is 0. The second-order valence-electron chi connectivity index (χ2n) is 5.81. The zero-order valence-corrected chi connectivity index (χ0v) is 13.7. The van der Waals surface area contributed by atoms with E-state index in [9.17, 15) is 0 Å². The Bertz CT molecular complexity index is 620. The van der Waals surface area contributed by atoms with Gasteiger partial charge >= 0.3 is 0 Å². The molecule has 3 rings (SSSR count). The van der Waals surface area contributed by atoms with Crippen LogP contribution in [0.15, 0.2) is 48.5 Å². The minimum atomic E-state index is -0.286. The van der Waals surface area contributed by atoms with Crippen LogP contribution in [0.2, 0.25) is 0 Å². The summed E-state index contributed by atoms with van der Waals surface area (Å²) < 4.78 is 11.6. The lowest BCUT2D eigenvalue weighted by atomic mass is 10.0. The van der Waals surface area contributed by atoms with Gasteiger partial charge in [0.25, 0.3) is 6.29 Å². The Morgan fingerprint density at radius 1 is 1.00 bits per heavy atom. The number of anilines is 1. The number of ether oxygens (including phenoxy) is 2. The van der Waals surface area contributed by atoms with Crippen LogP contribution in [-0.4, -0.2) is 25.4 Å². The fourth-order valence-corrected chi connectivity index (χ4v) is 2.85. The quantitative estimate of drug-likeness (QED) is 0.822. The maximum absolute atomic E-state index is 5.79. The molecule has 0 amide bonds. The lowest BCUT2D eigenvalue weighted by Crippen LogP contribution is -2.29. The average Bonchev–Trinajstić information content (AvgIpc) is 2.97. The van der Waals surface area contributed by atoms with E-state index in [0.717, 1.165) is 30.2 Å². The monoisotopic (exact) mass is 312 g/mol. The minimum Gasteiger partial charge on any atom is -0.449 e. The van der Waals surface area contributed by atoms with Crippen molar-refractivity contribution in [3.8, 4) is 11.5 Å². The van der Waals surface area contributed by atoms with Crippen LogP contribution in [0.1, 0.15) is 19.4 Å². The third-order valence-corrected chi connectivity index (χ3v) is 3.92. The third kappa shape index (κ3) is 3.96. The molecule has 0 saturated carbocycles. The van der Waals surface area contributed by atoms with Gasteiger partial charge in [0.15, 0.2) is 11.5 Å². The van der Waals surface area contributed by atoms with Crippen molar-refractivity contribution in [2.45, 2.75) is 32.6 Å². The van der Waals surface area contributed by atoms with Crippen molar-refractivity contribution >= 4 is 5.69 Å². The summed E-state index contributed by atoms with van der Waals surface area (Å²) in [6, 6.07) is 16.6. The van der Waals surface area contributed by atoms with Crippen LogP contribution in [-0.2, 0) is 6.42 Å². The first-order valence-electron chi connectivity index (χ1n) is 8.23. The topological polar surface area (TPSA) is 42.5 Å². The Labute approximate surface area is 137 Å². The lowest BCUT2D eigenvalue weighted by molar-refractivity contribution is 0.0620. The van der Waals surface area contributed by atoms with Crippen molar-refractivity contribution in [3.05, 3.63) is 54.1 Å². The summed E-state index contributed by atoms with van der Waals surface area (Å²) in [5, 5.41) is 6.91. The zero-order valence-electron chi connectivity index (χ0n) is 13.7. The molecule has 1 heterocycles.